The Morgan fingerprint density at radius 1 is 1.27 bits per heavy atom. The number of primary amides is 1. The molecule has 1 aromatic carbocycles. The van der Waals surface area contributed by atoms with E-state index in [4.69, 9.17) is 5.73 Å². The number of nitrogens with zero attached hydrogens (tertiary/aromatic N) is 2. The van der Waals surface area contributed by atoms with Crippen LogP contribution in [0.1, 0.15) is 24.0 Å². The van der Waals surface area contributed by atoms with Crippen molar-refractivity contribution in [3.8, 4) is 11.3 Å². The number of alkyl halides is 3. The second kappa shape index (κ2) is 7.03. The van der Waals surface area contributed by atoms with Crippen LogP contribution in [0.4, 0.5) is 17.6 Å². The summed E-state index contributed by atoms with van der Waals surface area (Å²) in [6.07, 6.45) is -2.27. The third kappa shape index (κ3) is 3.85. The van der Waals surface area contributed by atoms with E-state index in [-0.39, 0.29) is 6.54 Å². The van der Waals surface area contributed by atoms with Crippen molar-refractivity contribution in [1.29, 1.82) is 0 Å². The van der Waals surface area contributed by atoms with Gasteiger partial charge in [0.25, 0.3) is 0 Å². The van der Waals surface area contributed by atoms with Crippen LogP contribution in [0.5, 0.6) is 0 Å². The molecule has 1 aliphatic rings. The van der Waals surface area contributed by atoms with Crippen molar-refractivity contribution in [1.82, 2.24) is 9.88 Å². The summed E-state index contributed by atoms with van der Waals surface area (Å²) in [5.74, 6) is -0.890. The summed E-state index contributed by atoms with van der Waals surface area (Å²) in [7, 11) is 0. The lowest BCUT2D eigenvalue weighted by molar-refractivity contribution is -0.137. The van der Waals surface area contributed by atoms with E-state index in [1.54, 1.807) is 6.07 Å². The van der Waals surface area contributed by atoms with Crippen LogP contribution in [-0.4, -0.2) is 28.4 Å². The Balaban J connectivity index is 1.85. The number of nitrogens with two attached hydrogens (primary N) is 1. The fraction of sp³-hybridized carbons (Fsp3) is 0.333. The number of carbonyl (C=O) groups excluding carboxylic acids is 1. The zero-order valence-electron chi connectivity index (χ0n) is 13.8. The lowest BCUT2D eigenvalue weighted by Crippen LogP contribution is -2.39. The minimum absolute atomic E-state index is 0.202. The first-order valence-electron chi connectivity index (χ1n) is 8.11. The van der Waals surface area contributed by atoms with Crippen LogP contribution in [0.3, 0.4) is 0 Å². The number of benzene rings is 1. The maximum Gasteiger partial charge on any atom is 0.417 e. The van der Waals surface area contributed by atoms with Crippen molar-refractivity contribution in [2.45, 2.75) is 31.6 Å². The largest absolute Gasteiger partial charge is 0.417 e. The van der Waals surface area contributed by atoms with Gasteiger partial charge in [-0.1, -0.05) is 0 Å². The van der Waals surface area contributed by atoms with E-state index in [0.29, 0.717) is 29.8 Å². The predicted molar refractivity (Wildman–Crippen MR) is 87.3 cm³/mol. The van der Waals surface area contributed by atoms with Crippen molar-refractivity contribution in [2.24, 2.45) is 5.73 Å². The Labute approximate surface area is 147 Å². The number of hydrogen-bond donors (Lipinski definition) is 1. The van der Waals surface area contributed by atoms with Gasteiger partial charge in [0.15, 0.2) is 0 Å². The molecule has 1 aliphatic heterocycles. The van der Waals surface area contributed by atoms with Gasteiger partial charge in [-0.3, -0.25) is 14.7 Å². The highest BCUT2D eigenvalue weighted by molar-refractivity contribution is 5.80. The van der Waals surface area contributed by atoms with Gasteiger partial charge in [0, 0.05) is 23.9 Å². The highest BCUT2D eigenvalue weighted by atomic mass is 19.4. The first kappa shape index (κ1) is 18.3. The number of aromatic nitrogens is 1. The molecule has 4 nitrogen and oxygen atoms in total. The average molecular weight is 367 g/mol. The molecule has 2 N–H and O–H groups in total. The van der Waals surface area contributed by atoms with Crippen molar-refractivity contribution < 1.29 is 22.4 Å². The molecule has 1 fully saturated rings. The van der Waals surface area contributed by atoms with E-state index in [2.05, 4.69) is 4.98 Å². The van der Waals surface area contributed by atoms with Gasteiger partial charge in [-0.25, -0.2) is 4.39 Å². The zero-order chi connectivity index (χ0) is 18.9. The third-order valence-electron chi connectivity index (χ3n) is 4.50. The topological polar surface area (TPSA) is 59.2 Å². The molecule has 3 rings (SSSR count). The van der Waals surface area contributed by atoms with Gasteiger partial charge in [-0.05, 0) is 49.7 Å². The van der Waals surface area contributed by atoms with Crippen LogP contribution in [0.15, 0.2) is 36.5 Å². The highest BCUT2D eigenvalue weighted by Gasteiger charge is 2.31. The Morgan fingerprint density at radius 3 is 2.65 bits per heavy atom. The summed E-state index contributed by atoms with van der Waals surface area (Å²) in [4.78, 5) is 17.1. The van der Waals surface area contributed by atoms with Gasteiger partial charge < -0.3 is 5.73 Å². The van der Waals surface area contributed by atoms with Gasteiger partial charge in [-0.2, -0.15) is 13.2 Å². The number of rotatable bonds is 4. The van der Waals surface area contributed by atoms with Crippen LogP contribution < -0.4 is 5.73 Å². The summed E-state index contributed by atoms with van der Waals surface area (Å²) in [5, 5.41) is 0. The summed E-state index contributed by atoms with van der Waals surface area (Å²) >= 11 is 0. The van der Waals surface area contributed by atoms with Gasteiger partial charge in [-0.15, -0.1) is 0 Å². The van der Waals surface area contributed by atoms with Crippen molar-refractivity contribution in [3.63, 3.8) is 0 Å². The normalized spacial score (nSPS) is 18.2. The molecule has 1 aromatic heterocycles. The standard InChI is InChI=1S/C18H17F4N3O/c19-14-5-3-11(15-6-4-13(9-24-15)18(20,21)22)8-12(14)10-25-7-1-2-16(25)17(23)26/h3-6,8-9,16H,1-2,7,10H2,(H2,23,26). The molecule has 26 heavy (non-hydrogen) atoms. The SMILES string of the molecule is NC(=O)C1CCCN1Cc1cc(-c2ccc(C(F)(F)F)cn2)ccc1F. The van der Waals surface area contributed by atoms with E-state index in [1.165, 1.54) is 18.2 Å². The monoisotopic (exact) mass is 367 g/mol. The lowest BCUT2D eigenvalue weighted by atomic mass is 10.1. The first-order chi connectivity index (χ1) is 12.3. The summed E-state index contributed by atoms with van der Waals surface area (Å²) in [5.41, 5.74) is 5.69. The number of likely N-dealkylation sites (tertiary alicyclic amines) is 1. The molecule has 0 aliphatic carbocycles. The Bertz CT molecular complexity index is 805. The number of carbonyl (C=O) groups is 1. The molecule has 0 radical (unpaired) electrons. The molecule has 1 unspecified atom stereocenters. The highest BCUT2D eigenvalue weighted by Crippen LogP contribution is 2.30. The molecular formula is C18H17F4N3O. The smallest absolute Gasteiger partial charge is 0.368 e. The van der Waals surface area contributed by atoms with Crippen LogP contribution in [0.25, 0.3) is 11.3 Å². The molecular weight excluding hydrogens is 350 g/mol. The van der Waals surface area contributed by atoms with Gasteiger partial charge in [0.05, 0.1) is 17.3 Å². The first-order valence-corrected chi connectivity index (χ1v) is 8.11. The molecule has 1 saturated heterocycles. The van der Waals surface area contributed by atoms with Crippen LogP contribution in [0, 0.1) is 5.82 Å². The second-order valence-electron chi connectivity index (χ2n) is 6.27. The number of amides is 1. The van der Waals surface area contributed by atoms with Crippen molar-refractivity contribution in [3.05, 3.63) is 53.5 Å². The fourth-order valence-corrected chi connectivity index (χ4v) is 3.14. The van der Waals surface area contributed by atoms with E-state index in [1.807, 2.05) is 4.90 Å². The van der Waals surface area contributed by atoms with Crippen LogP contribution >= 0.6 is 0 Å². The number of halogens is 4. The molecule has 0 saturated carbocycles. The van der Waals surface area contributed by atoms with Crippen LogP contribution in [0.2, 0.25) is 0 Å². The van der Waals surface area contributed by atoms with Crippen molar-refractivity contribution >= 4 is 5.91 Å². The summed E-state index contributed by atoms with van der Waals surface area (Å²) in [6.45, 7) is 0.837. The maximum atomic E-state index is 14.2. The molecule has 138 valence electrons. The maximum absolute atomic E-state index is 14.2. The van der Waals surface area contributed by atoms with Gasteiger partial charge in [0.1, 0.15) is 5.82 Å². The van der Waals surface area contributed by atoms with E-state index in [0.717, 1.165) is 18.7 Å². The average Bonchev–Trinajstić information content (AvgIpc) is 3.05. The quantitative estimate of drug-likeness (QED) is 0.843. The number of hydrogen-bond acceptors (Lipinski definition) is 3. The van der Waals surface area contributed by atoms with Crippen molar-refractivity contribution in [2.75, 3.05) is 6.54 Å². The molecule has 0 spiro atoms. The van der Waals surface area contributed by atoms with E-state index >= 15 is 0 Å². The molecule has 1 atom stereocenters. The number of pyridine rings is 1. The molecule has 8 heteroatoms. The third-order valence-corrected chi connectivity index (χ3v) is 4.50. The molecule has 0 bridgehead atoms. The minimum atomic E-state index is -4.46. The van der Waals surface area contributed by atoms with Crippen LogP contribution in [-0.2, 0) is 17.5 Å². The lowest BCUT2D eigenvalue weighted by Gasteiger charge is -2.22. The Morgan fingerprint density at radius 2 is 2.04 bits per heavy atom. The van der Waals surface area contributed by atoms with Gasteiger partial charge >= 0.3 is 6.18 Å². The summed E-state index contributed by atoms with van der Waals surface area (Å²) in [6, 6.07) is 6.02. The Hall–Kier alpha value is -2.48. The molecule has 2 heterocycles. The second-order valence-corrected chi connectivity index (χ2v) is 6.27. The predicted octanol–water partition coefficient (Wildman–Crippen LogP) is 3.36. The Kier molecular flexibility index (Phi) is 4.95. The van der Waals surface area contributed by atoms with Gasteiger partial charge in [0.2, 0.25) is 5.91 Å². The fourth-order valence-electron chi connectivity index (χ4n) is 3.14. The van der Waals surface area contributed by atoms with E-state index in [9.17, 15) is 22.4 Å². The molecule has 2 aromatic rings. The molecule has 1 amide bonds. The van der Waals surface area contributed by atoms with E-state index < -0.39 is 29.5 Å². The summed E-state index contributed by atoms with van der Waals surface area (Å²) < 4.78 is 52.1. The zero-order valence-corrected chi connectivity index (χ0v) is 13.8. The minimum Gasteiger partial charge on any atom is -0.368 e.